The smallest absolute Gasteiger partial charge is 0.313 e. The van der Waals surface area contributed by atoms with Crippen molar-refractivity contribution in [3.63, 3.8) is 0 Å². The van der Waals surface area contributed by atoms with Gasteiger partial charge >= 0.3 is 5.69 Å². The molecule has 0 saturated carbocycles. The van der Waals surface area contributed by atoms with Crippen LogP contribution in [0.2, 0.25) is 5.02 Å². The van der Waals surface area contributed by atoms with Gasteiger partial charge in [-0.05, 0) is 34.2 Å². The standard InChI is InChI=1S/C12H15BrClNO3S/c1-2-3-8(7-19)6-18-12-10(13)4-9(14)5-11(12)15(16)17/h4-5,8,19H,2-3,6-7H2,1H3. The molecule has 0 aliphatic rings. The van der Waals surface area contributed by atoms with Crippen LogP contribution in [0.5, 0.6) is 5.75 Å². The van der Waals surface area contributed by atoms with Crippen molar-refractivity contribution in [2.75, 3.05) is 12.4 Å². The molecule has 106 valence electrons. The number of ether oxygens (including phenoxy) is 1. The highest BCUT2D eigenvalue weighted by atomic mass is 79.9. The van der Waals surface area contributed by atoms with Crippen LogP contribution in [0.3, 0.4) is 0 Å². The van der Waals surface area contributed by atoms with E-state index in [1.54, 1.807) is 6.07 Å². The fraction of sp³-hybridized carbons (Fsp3) is 0.500. The first kappa shape index (κ1) is 16.6. The molecule has 0 aromatic heterocycles. The molecule has 0 spiro atoms. The van der Waals surface area contributed by atoms with Crippen LogP contribution in [-0.4, -0.2) is 17.3 Å². The predicted octanol–water partition coefficient (Wildman–Crippen LogP) is 4.74. The molecule has 0 radical (unpaired) electrons. The summed E-state index contributed by atoms with van der Waals surface area (Å²) >= 11 is 13.3. The lowest BCUT2D eigenvalue weighted by molar-refractivity contribution is -0.386. The number of thiol groups is 1. The number of nitro benzene ring substituents is 1. The predicted molar refractivity (Wildman–Crippen MR) is 83.6 cm³/mol. The third-order valence-corrected chi connectivity index (χ3v) is 3.93. The highest BCUT2D eigenvalue weighted by Crippen LogP contribution is 2.38. The number of rotatable bonds is 7. The van der Waals surface area contributed by atoms with Crippen LogP contribution < -0.4 is 4.74 Å². The topological polar surface area (TPSA) is 52.4 Å². The second kappa shape index (κ2) is 7.97. The van der Waals surface area contributed by atoms with E-state index in [4.69, 9.17) is 16.3 Å². The van der Waals surface area contributed by atoms with Gasteiger partial charge in [0.05, 0.1) is 16.0 Å². The van der Waals surface area contributed by atoms with Crippen LogP contribution in [0.1, 0.15) is 19.8 Å². The largest absolute Gasteiger partial charge is 0.486 e. The first-order chi connectivity index (χ1) is 8.99. The molecule has 1 atom stereocenters. The molecule has 0 bridgehead atoms. The van der Waals surface area contributed by atoms with Gasteiger partial charge in [0.25, 0.3) is 0 Å². The van der Waals surface area contributed by atoms with Crippen LogP contribution >= 0.6 is 40.2 Å². The van der Waals surface area contributed by atoms with Crippen molar-refractivity contribution in [2.45, 2.75) is 19.8 Å². The highest BCUT2D eigenvalue weighted by molar-refractivity contribution is 9.10. The van der Waals surface area contributed by atoms with Crippen molar-refractivity contribution in [1.82, 2.24) is 0 Å². The van der Waals surface area contributed by atoms with Gasteiger partial charge in [-0.15, -0.1) is 0 Å². The fourth-order valence-electron chi connectivity index (χ4n) is 1.66. The van der Waals surface area contributed by atoms with Crippen molar-refractivity contribution in [2.24, 2.45) is 5.92 Å². The van der Waals surface area contributed by atoms with Crippen molar-refractivity contribution >= 4 is 45.8 Å². The highest BCUT2D eigenvalue weighted by Gasteiger charge is 2.21. The summed E-state index contributed by atoms with van der Waals surface area (Å²) < 4.78 is 6.08. The van der Waals surface area contributed by atoms with Gasteiger partial charge in [0.1, 0.15) is 0 Å². The first-order valence-corrected chi connectivity index (χ1v) is 7.67. The van der Waals surface area contributed by atoms with Gasteiger partial charge < -0.3 is 4.74 Å². The van der Waals surface area contributed by atoms with Gasteiger partial charge in [-0.25, -0.2) is 0 Å². The Morgan fingerprint density at radius 3 is 2.79 bits per heavy atom. The summed E-state index contributed by atoms with van der Waals surface area (Å²) in [7, 11) is 0. The maximum absolute atomic E-state index is 11.0. The Bertz CT molecular complexity index is 459. The Morgan fingerprint density at radius 1 is 1.58 bits per heavy atom. The maximum atomic E-state index is 11.0. The van der Waals surface area contributed by atoms with Crippen LogP contribution in [0.15, 0.2) is 16.6 Å². The molecule has 0 amide bonds. The number of benzene rings is 1. The lowest BCUT2D eigenvalue weighted by atomic mass is 10.1. The molecule has 0 aliphatic carbocycles. The molecule has 0 aliphatic heterocycles. The van der Waals surface area contributed by atoms with Gasteiger partial charge in [0, 0.05) is 17.0 Å². The molecule has 0 heterocycles. The third kappa shape index (κ3) is 4.85. The van der Waals surface area contributed by atoms with Gasteiger partial charge in [0.2, 0.25) is 5.75 Å². The molecular weight excluding hydrogens is 354 g/mol. The summed E-state index contributed by atoms with van der Waals surface area (Å²) in [5, 5.41) is 11.3. The Morgan fingerprint density at radius 2 is 2.26 bits per heavy atom. The van der Waals surface area contributed by atoms with E-state index in [0.717, 1.165) is 12.8 Å². The Balaban J connectivity index is 2.90. The maximum Gasteiger partial charge on any atom is 0.313 e. The van der Waals surface area contributed by atoms with Gasteiger partial charge in [-0.3, -0.25) is 10.1 Å². The summed E-state index contributed by atoms with van der Waals surface area (Å²) in [5.41, 5.74) is -0.131. The Kier molecular flexibility index (Phi) is 6.96. The van der Waals surface area contributed by atoms with E-state index in [1.165, 1.54) is 6.07 Å². The quantitative estimate of drug-likeness (QED) is 0.430. The normalized spacial score (nSPS) is 12.2. The minimum absolute atomic E-state index is 0.131. The van der Waals surface area contributed by atoms with Gasteiger partial charge in [-0.1, -0.05) is 24.9 Å². The van der Waals surface area contributed by atoms with Crippen molar-refractivity contribution in [3.8, 4) is 5.75 Å². The van der Waals surface area contributed by atoms with Crippen LogP contribution in [0, 0.1) is 16.0 Å². The average Bonchev–Trinajstić information content (AvgIpc) is 2.35. The number of nitrogens with zero attached hydrogens (tertiary/aromatic N) is 1. The average molecular weight is 369 g/mol. The molecule has 19 heavy (non-hydrogen) atoms. The molecule has 1 rings (SSSR count). The van der Waals surface area contributed by atoms with Crippen LogP contribution in [-0.2, 0) is 0 Å². The zero-order valence-corrected chi connectivity index (χ0v) is 13.7. The van der Waals surface area contributed by atoms with Crippen molar-refractivity contribution < 1.29 is 9.66 Å². The molecule has 0 saturated heterocycles. The SMILES string of the molecule is CCCC(CS)COc1c(Br)cc(Cl)cc1[N+](=O)[O-]. The van der Waals surface area contributed by atoms with E-state index in [2.05, 4.69) is 35.5 Å². The lowest BCUT2D eigenvalue weighted by Crippen LogP contribution is -2.14. The fourth-order valence-corrected chi connectivity index (χ4v) is 2.86. The molecule has 1 unspecified atom stereocenters. The second-order valence-corrected chi connectivity index (χ2v) is 5.80. The summed E-state index contributed by atoms with van der Waals surface area (Å²) in [6, 6.07) is 2.87. The minimum atomic E-state index is -0.499. The van der Waals surface area contributed by atoms with E-state index >= 15 is 0 Å². The number of halogens is 2. The molecule has 0 N–H and O–H groups in total. The van der Waals surface area contributed by atoms with Crippen LogP contribution in [0.25, 0.3) is 0 Å². The number of hydrogen-bond acceptors (Lipinski definition) is 4. The zero-order chi connectivity index (χ0) is 14.4. The van der Waals surface area contributed by atoms with E-state index in [-0.39, 0.29) is 17.4 Å². The second-order valence-electron chi connectivity index (χ2n) is 4.14. The lowest BCUT2D eigenvalue weighted by Gasteiger charge is -2.15. The van der Waals surface area contributed by atoms with Crippen molar-refractivity contribution in [3.05, 3.63) is 31.7 Å². The van der Waals surface area contributed by atoms with E-state index in [9.17, 15) is 10.1 Å². The molecule has 7 heteroatoms. The Hall–Kier alpha value is -0.460. The summed E-state index contributed by atoms with van der Waals surface area (Å²) in [5.74, 6) is 1.18. The summed E-state index contributed by atoms with van der Waals surface area (Å²) in [6.45, 7) is 2.48. The summed E-state index contributed by atoms with van der Waals surface area (Å²) in [4.78, 5) is 10.5. The van der Waals surface area contributed by atoms with E-state index < -0.39 is 4.92 Å². The van der Waals surface area contributed by atoms with Crippen molar-refractivity contribution in [1.29, 1.82) is 0 Å². The molecule has 4 nitrogen and oxygen atoms in total. The first-order valence-electron chi connectivity index (χ1n) is 5.86. The van der Waals surface area contributed by atoms with Crippen LogP contribution in [0.4, 0.5) is 5.69 Å². The Labute approximate surface area is 131 Å². The van der Waals surface area contributed by atoms with Gasteiger partial charge in [-0.2, -0.15) is 12.6 Å². The molecular formula is C12H15BrClNO3S. The number of nitro groups is 1. The molecule has 1 aromatic rings. The van der Waals surface area contributed by atoms with Gasteiger partial charge in [0.15, 0.2) is 0 Å². The molecule has 0 fully saturated rings. The third-order valence-electron chi connectivity index (χ3n) is 2.60. The summed E-state index contributed by atoms with van der Waals surface area (Å²) in [6.07, 6.45) is 2.00. The zero-order valence-electron chi connectivity index (χ0n) is 10.4. The monoisotopic (exact) mass is 367 g/mol. The number of hydrogen-bond donors (Lipinski definition) is 1. The van der Waals surface area contributed by atoms with E-state index in [0.29, 0.717) is 21.9 Å². The molecule has 1 aromatic carbocycles. The van der Waals surface area contributed by atoms with E-state index in [1.807, 2.05) is 0 Å². The minimum Gasteiger partial charge on any atom is -0.486 e.